The van der Waals surface area contributed by atoms with Crippen LogP contribution in [0.5, 0.6) is 0 Å². The number of ether oxygens (including phenoxy) is 3. The smallest absolute Gasteiger partial charge is 0.334 e. The highest BCUT2D eigenvalue weighted by Crippen LogP contribution is 2.45. The molecule has 162 valence electrons. The van der Waals surface area contributed by atoms with Gasteiger partial charge < -0.3 is 14.2 Å². The van der Waals surface area contributed by atoms with Crippen LogP contribution in [0.4, 0.5) is 0 Å². The third-order valence-electron chi connectivity index (χ3n) is 5.70. The Kier molecular flexibility index (Phi) is 7.66. The van der Waals surface area contributed by atoms with Crippen molar-refractivity contribution < 1.29 is 28.6 Å². The van der Waals surface area contributed by atoms with E-state index < -0.39 is 12.1 Å². The van der Waals surface area contributed by atoms with E-state index in [2.05, 4.69) is 13.5 Å². The minimum absolute atomic E-state index is 0.113. The fourth-order valence-corrected chi connectivity index (χ4v) is 4.03. The van der Waals surface area contributed by atoms with Crippen LogP contribution in [-0.2, 0) is 28.6 Å². The lowest BCUT2D eigenvalue weighted by Gasteiger charge is -2.37. The van der Waals surface area contributed by atoms with Crippen molar-refractivity contribution in [3.8, 4) is 0 Å². The number of esters is 3. The highest BCUT2D eigenvalue weighted by atomic mass is 16.6. The molecule has 6 nitrogen and oxygen atoms in total. The second kappa shape index (κ2) is 9.59. The summed E-state index contributed by atoms with van der Waals surface area (Å²) in [5, 5.41) is 0. The molecule has 4 unspecified atom stereocenters. The van der Waals surface area contributed by atoms with Gasteiger partial charge in [-0.3, -0.25) is 9.59 Å². The molecule has 0 aromatic rings. The maximum atomic E-state index is 12.4. The van der Waals surface area contributed by atoms with Gasteiger partial charge in [-0.1, -0.05) is 46.8 Å². The van der Waals surface area contributed by atoms with Crippen LogP contribution in [0.1, 0.15) is 60.8 Å². The van der Waals surface area contributed by atoms with Crippen LogP contribution in [0.3, 0.4) is 0 Å². The number of hydrogen-bond donors (Lipinski definition) is 0. The molecule has 2 rings (SSSR count). The summed E-state index contributed by atoms with van der Waals surface area (Å²) in [7, 11) is 0. The molecule has 1 aliphatic heterocycles. The van der Waals surface area contributed by atoms with Gasteiger partial charge in [0.05, 0.1) is 24.4 Å². The van der Waals surface area contributed by atoms with Crippen molar-refractivity contribution in [1.82, 2.24) is 0 Å². The Balaban J connectivity index is 2.16. The number of fused-ring (bicyclic) bond motifs is 1. The van der Waals surface area contributed by atoms with Crippen LogP contribution in [0, 0.1) is 23.7 Å². The molecule has 0 spiro atoms. The number of rotatable bonds is 8. The number of carbonyl (C=O) groups excluding carboxylic acids is 3. The Bertz CT molecular complexity index is 702. The van der Waals surface area contributed by atoms with Gasteiger partial charge in [0.2, 0.25) is 0 Å². The molecular weight excluding hydrogens is 372 g/mol. The normalized spacial score (nSPS) is 25.2. The van der Waals surface area contributed by atoms with Crippen molar-refractivity contribution in [2.45, 2.75) is 73.0 Å². The van der Waals surface area contributed by atoms with Gasteiger partial charge in [-0.2, -0.15) is 0 Å². The average Bonchev–Trinajstić information content (AvgIpc) is 2.91. The zero-order valence-corrected chi connectivity index (χ0v) is 18.4. The van der Waals surface area contributed by atoms with Crippen LogP contribution in [0.2, 0.25) is 0 Å². The fourth-order valence-electron chi connectivity index (χ4n) is 4.03. The first-order valence-corrected chi connectivity index (χ1v) is 10.5. The minimum atomic E-state index is -0.546. The maximum absolute atomic E-state index is 12.4. The van der Waals surface area contributed by atoms with E-state index in [1.165, 1.54) is 0 Å². The molecule has 6 heteroatoms. The molecule has 0 aromatic heterocycles. The third-order valence-corrected chi connectivity index (χ3v) is 5.70. The van der Waals surface area contributed by atoms with E-state index in [0.717, 1.165) is 17.6 Å². The lowest BCUT2D eigenvalue weighted by Crippen LogP contribution is -2.41. The number of carbonyl (C=O) groups is 3. The monoisotopic (exact) mass is 406 g/mol. The van der Waals surface area contributed by atoms with Crippen molar-refractivity contribution in [2.24, 2.45) is 23.7 Å². The summed E-state index contributed by atoms with van der Waals surface area (Å²) in [5.41, 5.74) is 2.50. The molecule has 1 saturated heterocycles. The summed E-state index contributed by atoms with van der Waals surface area (Å²) in [4.78, 5) is 36.1. The largest absolute Gasteiger partial charge is 0.465 e. The summed E-state index contributed by atoms with van der Waals surface area (Å²) < 4.78 is 16.6. The quantitative estimate of drug-likeness (QED) is 0.199. The highest BCUT2D eigenvalue weighted by molar-refractivity contribution is 5.91. The summed E-state index contributed by atoms with van der Waals surface area (Å²) in [6, 6.07) is 0. The topological polar surface area (TPSA) is 78.9 Å². The van der Waals surface area contributed by atoms with Gasteiger partial charge in [0.15, 0.2) is 0 Å². The van der Waals surface area contributed by atoms with E-state index in [4.69, 9.17) is 14.2 Å². The molecule has 1 fully saturated rings. The van der Waals surface area contributed by atoms with Gasteiger partial charge in [0.1, 0.15) is 12.2 Å². The molecule has 1 heterocycles. The first-order chi connectivity index (χ1) is 13.5. The lowest BCUT2D eigenvalue weighted by atomic mass is 9.73. The molecule has 4 atom stereocenters. The van der Waals surface area contributed by atoms with Gasteiger partial charge in [-0.15, -0.1) is 0 Å². The van der Waals surface area contributed by atoms with Gasteiger partial charge in [-0.25, -0.2) is 4.79 Å². The second-order valence-electron chi connectivity index (χ2n) is 8.81. The molecule has 1 aliphatic carbocycles. The van der Waals surface area contributed by atoms with Gasteiger partial charge in [0.25, 0.3) is 0 Å². The van der Waals surface area contributed by atoms with E-state index in [1.54, 1.807) is 13.8 Å². The minimum Gasteiger partial charge on any atom is -0.465 e. The van der Waals surface area contributed by atoms with Gasteiger partial charge in [-0.05, 0) is 31.3 Å². The van der Waals surface area contributed by atoms with Crippen molar-refractivity contribution in [2.75, 3.05) is 6.61 Å². The Morgan fingerprint density at radius 1 is 1.14 bits per heavy atom. The maximum Gasteiger partial charge on any atom is 0.334 e. The second-order valence-corrected chi connectivity index (χ2v) is 8.81. The SMILES string of the molecule is C=C1C(=O)OC2CC(C)=C(C(C)CCCOC(=O)C(C)C)C(OC(=O)C(C)C)C12. The molecule has 0 aromatic carbocycles. The van der Waals surface area contributed by atoms with E-state index in [-0.39, 0.29) is 41.7 Å². The average molecular weight is 407 g/mol. The highest BCUT2D eigenvalue weighted by Gasteiger charge is 2.50. The molecule has 0 radical (unpaired) electrons. The van der Waals surface area contributed by atoms with Crippen molar-refractivity contribution in [3.05, 3.63) is 23.3 Å². The molecule has 0 saturated carbocycles. The summed E-state index contributed by atoms with van der Waals surface area (Å²) in [5.74, 6) is -1.55. The van der Waals surface area contributed by atoms with Crippen LogP contribution in [-0.4, -0.2) is 36.7 Å². The van der Waals surface area contributed by atoms with Gasteiger partial charge >= 0.3 is 17.9 Å². The van der Waals surface area contributed by atoms with Crippen LogP contribution >= 0.6 is 0 Å². The summed E-state index contributed by atoms with van der Waals surface area (Å²) in [6.45, 7) is 15.6. The Labute approximate surface area is 173 Å². The molecule has 0 bridgehead atoms. The van der Waals surface area contributed by atoms with Crippen molar-refractivity contribution in [1.29, 1.82) is 0 Å². The standard InChI is InChI=1S/C23H34O6/c1-12(2)21(24)27-10-8-9-14(5)18-15(6)11-17-19(16(7)23(26)28-17)20(18)29-22(25)13(3)4/h12-14,17,19-20H,7-11H2,1-6H3. The molecular formula is C23H34O6. The van der Waals surface area contributed by atoms with Crippen molar-refractivity contribution >= 4 is 17.9 Å². The fraction of sp³-hybridized carbons (Fsp3) is 0.696. The van der Waals surface area contributed by atoms with Crippen LogP contribution in [0.15, 0.2) is 23.3 Å². The molecule has 0 amide bonds. The van der Waals surface area contributed by atoms with Crippen LogP contribution < -0.4 is 0 Å². The number of hydrogen-bond acceptors (Lipinski definition) is 6. The molecule has 29 heavy (non-hydrogen) atoms. The zero-order chi connectivity index (χ0) is 21.9. The predicted molar refractivity (Wildman–Crippen MR) is 109 cm³/mol. The van der Waals surface area contributed by atoms with E-state index >= 15 is 0 Å². The Hall–Kier alpha value is -2.11. The summed E-state index contributed by atoms with van der Waals surface area (Å²) in [6.07, 6.45) is 1.24. The van der Waals surface area contributed by atoms with Crippen LogP contribution in [0.25, 0.3) is 0 Å². The Morgan fingerprint density at radius 3 is 2.34 bits per heavy atom. The van der Waals surface area contributed by atoms with E-state index in [0.29, 0.717) is 25.0 Å². The molecule has 0 N–H and O–H groups in total. The first-order valence-electron chi connectivity index (χ1n) is 10.5. The van der Waals surface area contributed by atoms with E-state index in [1.807, 2.05) is 20.8 Å². The lowest BCUT2D eigenvalue weighted by molar-refractivity contribution is -0.155. The first kappa shape index (κ1) is 23.2. The third kappa shape index (κ3) is 5.28. The zero-order valence-electron chi connectivity index (χ0n) is 18.4. The molecule has 2 aliphatic rings. The van der Waals surface area contributed by atoms with E-state index in [9.17, 15) is 14.4 Å². The van der Waals surface area contributed by atoms with Crippen molar-refractivity contribution in [3.63, 3.8) is 0 Å². The van der Waals surface area contributed by atoms with Gasteiger partial charge in [0, 0.05) is 12.0 Å². The Morgan fingerprint density at radius 2 is 1.76 bits per heavy atom. The predicted octanol–water partition coefficient (Wildman–Crippen LogP) is 3.99. The summed E-state index contributed by atoms with van der Waals surface area (Å²) >= 11 is 0.